The minimum atomic E-state index is 0.108. The van der Waals surface area contributed by atoms with Crippen LogP contribution in [0, 0.1) is 0 Å². The van der Waals surface area contributed by atoms with Gasteiger partial charge in [-0.1, -0.05) is 23.7 Å². The normalized spacial score (nSPS) is 11.1. The smallest absolute Gasteiger partial charge is 0.119 e. The van der Waals surface area contributed by atoms with Crippen molar-refractivity contribution in [2.24, 2.45) is 5.84 Å². The van der Waals surface area contributed by atoms with E-state index in [2.05, 4.69) is 0 Å². The second-order valence-electron chi connectivity index (χ2n) is 7.61. The molecule has 3 rings (SSSR count). The number of nitrogens with two attached hydrogens (primary N) is 2. The van der Waals surface area contributed by atoms with E-state index in [0.717, 1.165) is 28.3 Å². The van der Waals surface area contributed by atoms with Gasteiger partial charge < -0.3 is 15.2 Å². The van der Waals surface area contributed by atoms with Crippen molar-refractivity contribution in [1.29, 1.82) is 0 Å². The van der Waals surface area contributed by atoms with Crippen molar-refractivity contribution in [2.75, 3.05) is 10.7 Å². The van der Waals surface area contributed by atoms with Gasteiger partial charge in [-0.25, -0.2) is 5.84 Å². The van der Waals surface area contributed by atoms with E-state index in [-0.39, 0.29) is 12.2 Å². The standard InChI is InChI=1S/C24H28ClN3O2/c1-15(2)29-19-9-5-17(6-10-19)21-13-24(23(26)14-22(21)25)28(27)18-7-11-20(12-8-18)30-16(3)4/h5-16H,26-27H2,1-4H3. The van der Waals surface area contributed by atoms with E-state index in [1.54, 1.807) is 11.1 Å². The van der Waals surface area contributed by atoms with Crippen LogP contribution in [0.1, 0.15) is 27.7 Å². The van der Waals surface area contributed by atoms with Crippen LogP contribution < -0.4 is 26.1 Å². The fourth-order valence-corrected chi connectivity index (χ4v) is 3.37. The van der Waals surface area contributed by atoms with Gasteiger partial charge in [0, 0.05) is 5.56 Å². The number of ether oxygens (including phenoxy) is 2. The Bertz CT molecular complexity index is 987. The number of hydrogen-bond donors (Lipinski definition) is 2. The molecule has 0 radical (unpaired) electrons. The molecule has 3 aromatic rings. The number of rotatable bonds is 7. The number of halogens is 1. The summed E-state index contributed by atoms with van der Waals surface area (Å²) in [6.45, 7) is 7.96. The van der Waals surface area contributed by atoms with Gasteiger partial charge in [-0.05, 0) is 81.8 Å². The molecule has 0 atom stereocenters. The molecule has 0 bridgehead atoms. The van der Waals surface area contributed by atoms with Gasteiger partial charge in [0.2, 0.25) is 0 Å². The Morgan fingerprint density at radius 3 is 1.80 bits per heavy atom. The first kappa shape index (κ1) is 21.8. The molecule has 4 N–H and O–H groups in total. The number of anilines is 3. The average molecular weight is 426 g/mol. The lowest BCUT2D eigenvalue weighted by atomic mass is 10.0. The maximum atomic E-state index is 6.49. The van der Waals surface area contributed by atoms with Crippen LogP contribution in [0.25, 0.3) is 11.1 Å². The van der Waals surface area contributed by atoms with Crippen LogP contribution in [-0.2, 0) is 0 Å². The highest BCUT2D eigenvalue weighted by Gasteiger charge is 2.14. The van der Waals surface area contributed by atoms with Gasteiger partial charge in [-0.15, -0.1) is 0 Å². The minimum Gasteiger partial charge on any atom is -0.491 e. The summed E-state index contributed by atoms with van der Waals surface area (Å²) < 4.78 is 11.4. The Labute approximate surface area is 183 Å². The number of hydrogen-bond acceptors (Lipinski definition) is 5. The molecular formula is C24H28ClN3O2. The zero-order chi connectivity index (χ0) is 21.8. The lowest BCUT2D eigenvalue weighted by molar-refractivity contribution is 0.242. The number of nitrogens with zero attached hydrogens (tertiary/aromatic N) is 1. The molecule has 0 aromatic heterocycles. The maximum absolute atomic E-state index is 6.49. The molecule has 0 aliphatic carbocycles. The quantitative estimate of drug-likeness (QED) is 0.269. The number of nitrogen functional groups attached to an aromatic ring is 1. The highest BCUT2D eigenvalue weighted by Crippen LogP contribution is 2.38. The first-order valence-electron chi connectivity index (χ1n) is 9.92. The van der Waals surface area contributed by atoms with E-state index in [4.69, 9.17) is 32.7 Å². The lowest BCUT2D eigenvalue weighted by Crippen LogP contribution is -2.26. The fraction of sp³-hybridized carbons (Fsp3) is 0.250. The van der Waals surface area contributed by atoms with E-state index in [0.29, 0.717) is 16.4 Å². The van der Waals surface area contributed by atoms with Crippen LogP contribution in [0.2, 0.25) is 5.02 Å². The third-order valence-corrected chi connectivity index (χ3v) is 4.71. The topological polar surface area (TPSA) is 73.7 Å². The Hall–Kier alpha value is -2.89. The molecule has 0 saturated carbocycles. The van der Waals surface area contributed by atoms with E-state index in [9.17, 15) is 0 Å². The molecule has 30 heavy (non-hydrogen) atoms. The van der Waals surface area contributed by atoms with Gasteiger partial charge in [0.05, 0.1) is 34.3 Å². The number of benzene rings is 3. The molecule has 0 heterocycles. The van der Waals surface area contributed by atoms with Gasteiger partial charge in [-0.3, -0.25) is 5.01 Å². The van der Waals surface area contributed by atoms with Gasteiger partial charge in [-0.2, -0.15) is 0 Å². The van der Waals surface area contributed by atoms with Gasteiger partial charge in [0.15, 0.2) is 0 Å². The molecule has 0 aliphatic rings. The Morgan fingerprint density at radius 2 is 1.30 bits per heavy atom. The van der Waals surface area contributed by atoms with Crippen LogP contribution in [-0.4, -0.2) is 12.2 Å². The van der Waals surface area contributed by atoms with Gasteiger partial charge in [0.25, 0.3) is 0 Å². The second-order valence-corrected chi connectivity index (χ2v) is 8.02. The summed E-state index contributed by atoms with van der Waals surface area (Å²) in [6.07, 6.45) is 0.224. The van der Waals surface area contributed by atoms with Gasteiger partial charge in [0.1, 0.15) is 11.5 Å². The molecule has 0 unspecified atom stereocenters. The molecule has 0 aliphatic heterocycles. The predicted molar refractivity (Wildman–Crippen MR) is 126 cm³/mol. The minimum absolute atomic E-state index is 0.108. The van der Waals surface area contributed by atoms with Crippen LogP contribution >= 0.6 is 11.6 Å². The summed E-state index contributed by atoms with van der Waals surface area (Å²) in [5.74, 6) is 7.99. The van der Waals surface area contributed by atoms with Crippen molar-refractivity contribution in [3.63, 3.8) is 0 Å². The summed E-state index contributed by atoms with van der Waals surface area (Å²) in [5, 5.41) is 2.10. The van der Waals surface area contributed by atoms with Crippen molar-refractivity contribution < 1.29 is 9.47 Å². The summed E-state index contributed by atoms with van der Waals surface area (Å²) in [6, 6.07) is 19.0. The van der Waals surface area contributed by atoms with Gasteiger partial charge >= 0.3 is 0 Å². The van der Waals surface area contributed by atoms with E-state index >= 15 is 0 Å². The lowest BCUT2D eigenvalue weighted by Gasteiger charge is -2.22. The van der Waals surface area contributed by atoms with Crippen molar-refractivity contribution in [2.45, 2.75) is 39.9 Å². The molecular weight excluding hydrogens is 398 g/mol. The summed E-state index contributed by atoms with van der Waals surface area (Å²) in [7, 11) is 0. The maximum Gasteiger partial charge on any atom is 0.119 e. The third-order valence-electron chi connectivity index (χ3n) is 4.40. The SMILES string of the molecule is CC(C)Oc1ccc(-c2cc(N(N)c3ccc(OC(C)C)cc3)c(N)cc2Cl)cc1. The first-order valence-corrected chi connectivity index (χ1v) is 10.3. The third kappa shape index (κ3) is 5.17. The number of hydrazine groups is 1. The largest absolute Gasteiger partial charge is 0.491 e. The van der Waals surface area contributed by atoms with Crippen LogP contribution in [0.15, 0.2) is 60.7 Å². The Kier molecular flexibility index (Phi) is 6.75. The molecule has 0 spiro atoms. The highest BCUT2D eigenvalue weighted by atomic mass is 35.5. The highest BCUT2D eigenvalue weighted by molar-refractivity contribution is 6.33. The Balaban J connectivity index is 1.90. The molecule has 0 fully saturated rings. The zero-order valence-electron chi connectivity index (χ0n) is 17.7. The average Bonchev–Trinajstić information content (AvgIpc) is 2.68. The fourth-order valence-electron chi connectivity index (χ4n) is 3.09. The van der Waals surface area contributed by atoms with E-state index < -0.39 is 0 Å². The molecule has 0 amide bonds. The van der Waals surface area contributed by atoms with Crippen LogP contribution in [0.3, 0.4) is 0 Å². The van der Waals surface area contributed by atoms with Crippen molar-refractivity contribution in [3.05, 3.63) is 65.7 Å². The molecule has 158 valence electrons. The van der Waals surface area contributed by atoms with Crippen molar-refractivity contribution in [3.8, 4) is 22.6 Å². The molecule has 6 heteroatoms. The van der Waals surface area contributed by atoms with E-state index in [1.165, 1.54) is 0 Å². The second kappa shape index (κ2) is 9.28. The molecule has 3 aromatic carbocycles. The predicted octanol–water partition coefficient (Wildman–Crippen LogP) is 6.18. The van der Waals surface area contributed by atoms with Crippen molar-refractivity contribution >= 4 is 28.7 Å². The van der Waals surface area contributed by atoms with Crippen LogP contribution in [0.5, 0.6) is 11.5 Å². The molecule has 5 nitrogen and oxygen atoms in total. The summed E-state index contributed by atoms with van der Waals surface area (Å²) in [5.41, 5.74) is 9.96. The molecule has 0 saturated heterocycles. The Morgan fingerprint density at radius 1 is 0.800 bits per heavy atom. The van der Waals surface area contributed by atoms with Crippen LogP contribution in [0.4, 0.5) is 17.1 Å². The summed E-state index contributed by atoms with van der Waals surface area (Å²) in [4.78, 5) is 0. The first-order chi connectivity index (χ1) is 14.2. The zero-order valence-corrected chi connectivity index (χ0v) is 18.5. The summed E-state index contributed by atoms with van der Waals surface area (Å²) >= 11 is 6.49. The monoisotopic (exact) mass is 425 g/mol. The van der Waals surface area contributed by atoms with Crippen molar-refractivity contribution in [1.82, 2.24) is 0 Å². The van der Waals surface area contributed by atoms with E-state index in [1.807, 2.05) is 82.3 Å².